The van der Waals surface area contributed by atoms with E-state index in [1.54, 1.807) is 0 Å². The minimum Gasteiger partial charge on any atom is -0.455 e. The number of carbonyl (C=O) groups is 1. The van der Waals surface area contributed by atoms with Crippen molar-refractivity contribution >= 4 is 17.4 Å². The van der Waals surface area contributed by atoms with E-state index in [0.717, 1.165) is 27.8 Å². The van der Waals surface area contributed by atoms with E-state index >= 15 is 0 Å². The Bertz CT molecular complexity index is 1140. The van der Waals surface area contributed by atoms with E-state index in [9.17, 15) is 4.79 Å². The van der Waals surface area contributed by atoms with Crippen molar-refractivity contribution in [1.29, 1.82) is 0 Å². The van der Waals surface area contributed by atoms with Crippen molar-refractivity contribution in [3.8, 4) is 33.8 Å². The quantitative estimate of drug-likeness (QED) is 0.362. The van der Waals surface area contributed by atoms with Crippen molar-refractivity contribution in [2.45, 2.75) is 0 Å². The van der Waals surface area contributed by atoms with Gasteiger partial charge in [-0.25, -0.2) is 0 Å². The van der Waals surface area contributed by atoms with Crippen LogP contribution in [-0.2, 0) is 0 Å². The number of benzene rings is 3. The second kappa shape index (κ2) is 5.72. The summed E-state index contributed by atoms with van der Waals surface area (Å²) in [6, 6.07) is 24.9. The number of rotatable bonds is 2. The average molecular weight is 357 g/mol. The first-order chi connectivity index (χ1) is 12.7. The van der Waals surface area contributed by atoms with Crippen LogP contribution in [-0.4, -0.2) is 5.78 Å². The van der Waals surface area contributed by atoms with Gasteiger partial charge >= 0.3 is 0 Å². The maximum atomic E-state index is 13.1. The lowest BCUT2D eigenvalue weighted by Crippen LogP contribution is -1.96. The van der Waals surface area contributed by atoms with E-state index in [-0.39, 0.29) is 5.78 Å². The summed E-state index contributed by atoms with van der Waals surface area (Å²) < 4.78 is 6.26. The number of hydrogen-bond acceptors (Lipinski definition) is 2. The monoisotopic (exact) mass is 356 g/mol. The molecule has 3 heteroatoms. The van der Waals surface area contributed by atoms with Crippen LogP contribution in [0.4, 0.5) is 0 Å². The molecule has 0 N–H and O–H groups in total. The summed E-state index contributed by atoms with van der Waals surface area (Å²) in [6.45, 7) is 0. The van der Waals surface area contributed by atoms with Crippen LogP contribution in [0.3, 0.4) is 0 Å². The molecule has 1 aromatic heterocycles. The molecule has 0 fully saturated rings. The molecular formula is C23H13ClO2. The van der Waals surface area contributed by atoms with Gasteiger partial charge in [0.05, 0.1) is 5.56 Å². The van der Waals surface area contributed by atoms with Crippen molar-refractivity contribution in [2.24, 2.45) is 0 Å². The lowest BCUT2D eigenvalue weighted by atomic mass is 10.0. The summed E-state index contributed by atoms with van der Waals surface area (Å²) in [6.07, 6.45) is 0. The topological polar surface area (TPSA) is 30.2 Å². The Balaban J connectivity index is 1.84. The van der Waals surface area contributed by atoms with Gasteiger partial charge in [0.1, 0.15) is 11.5 Å². The molecule has 0 saturated carbocycles. The molecule has 1 aliphatic carbocycles. The van der Waals surface area contributed by atoms with Crippen LogP contribution < -0.4 is 0 Å². The Labute approximate surface area is 155 Å². The first-order valence-corrected chi connectivity index (χ1v) is 8.74. The van der Waals surface area contributed by atoms with E-state index in [1.165, 1.54) is 0 Å². The summed E-state index contributed by atoms with van der Waals surface area (Å²) in [7, 11) is 0. The highest BCUT2D eigenvalue weighted by Crippen LogP contribution is 2.49. The SMILES string of the molecule is O=C1c2ccccc2-c2c(-c3ccc(Cl)cc3)oc(-c3ccccc3)c21. The molecule has 0 aliphatic heterocycles. The van der Waals surface area contributed by atoms with Crippen LogP contribution in [0.25, 0.3) is 33.8 Å². The predicted octanol–water partition coefficient (Wildman–Crippen LogP) is 6.48. The zero-order valence-corrected chi connectivity index (χ0v) is 14.5. The number of halogens is 1. The molecule has 5 rings (SSSR count). The normalized spacial score (nSPS) is 12.1. The first-order valence-electron chi connectivity index (χ1n) is 8.36. The van der Waals surface area contributed by atoms with Gasteiger partial charge in [-0.3, -0.25) is 4.79 Å². The van der Waals surface area contributed by atoms with Crippen LogP contribution in [0.2, 0.25) is 5.02 Å². The highest BCUT2D eigenvalue weighted by atomic mass is 35.5. The Morgan fingerprint density at radius 1 is 0.615 bits per heavy atom. The van der Waals surface area contributed by atoms with Gasteiger partial charge in [0, 0.05) is 27.3 Å². The molecule has 0 radical (unpaired) electrons. The summed E-state index contributed by atoms with van der Waals surface area (Å²) in [5.41, 5.74) is 4.95. The number of furan rings is 1. The van der Waals surface area contributed by atoms with E-state index in [1.807, 2.05) is 78.9 Å². The van der Waals surface area contributed by atoms with Crippen LogP contribution >= 0.6 is 11.6 Å². The Morgan fingerprint density at radius 3 is 1.92 bits per heavy atom. The van der Waals surface area contributed by atoms with E-state index in [2.05, 4.69) is 0 Å². The van der Waals surface area contributed by atoms with Gasteiger partial charge in [0.2, 0.25) is 0 Å². The Hall–Kier alpha value is -3.10. The first kappa shape index (κ1) is 15.2. The van der Waals surface area contributed by atoms with Gasteiger partial charge in [-0.2, -0.15) is 0 Å². The third-order valence-electron chi connectivity index (χ3n) is 4.72. The summed E-state index contributed by atoms with van der Waals surface area (Å²) in [5, 5.41) is 0.664. The molecule has 2 nitrogen and oxygen atoms in total. The second-order valence-corrected chi connectivity index (χ2v) is 6.69. The molecule has 1 aliphatic rings. The lowest BCUT2D eigenvalue weighted by molar-refractivity contribution is 0.104. The molecule has 0 bridgehead atoms. The van der Waals surface area contributed by atoms with Gasteiger partial charge in [0.25, 0.3) is 0 Å². The predicted molar refractivity (Wildman–Crippen MR) is 103 cm³/mol. The summed E-state index contributed by atoms with van der Waals surface area (Å²) in [4.78, 5) is 13.1. The zero-order valence-electron chi connectivity index (χ0n) is 13.7. The maximum absolute atomic E-state index is 13.1. The summed E-state index contributed by atoms with van der Waals surface area (Å²) >= 11 is 6.04. The smallest absolute Gasteiger partial charge is 0.198 e. The minimum absolute atomic E-state index is 0.0124. The van der Waals surface area contributed by atoms with Gasteiger partial charge in [-0.1, -0.05) is 66.2 Å². The van der Waals surface area contributed by atoms with E-state index < -0.39 is 0 Å². The molecule has 0 unspecified atom stereocenters. The van der Waals surface area contributed by atoms with Crippen molar-refractivity contribution < 1.29 is 9.21 Å². The number of carbonyl (C=O) groups excluding carboxylic acids is 1. The molecule has 4 aromatic rings. The lowest BCUT2D eigenvalue weighted by Gasteiger charge is -2.04. The van der Waals surface area contributed by atoms with E-state index in [0.29, 0.717) is 22.1 Å². The standard InChI is InChI=1S/C23H13ClO2/c24-16-12-10-15(11-13-16)22-19-17-8-4-5-9-18(17)21(25)20(19)23(26-22)14-6-2-1-3-7-14/h1-13H. The van der Waals surface area contributed by atoms with Gasteiger partial charge < -0.3 is 4.42 Å². The van der Waals surface area contributed by atoms with Gasteiger partial charge in [-0.05, 0) is 29.8 Å². The van der Waals surface area contributed by atoms with Crippen LogP contribution in [0, 0.1) is 0 Å². The van der Waals surface area contributed by atoms with Gasteiger partial charge in [-0.15, -0.1) is 0 Å². The average Bonchev–Trinajstić information content (AvgIpc) is 3.21. The van der Waals surface area contributed by atoms with Gasteiger partial charge in [0.15, 0.2) is 5.78 Å². The summed E-state index contributed by atoms with van der Waals surface area (Å²) in [5.74, 6) is 1.33. The van der Waals surface area contributed by atoms with E-state index in [4.69, 9.17) is 16.0 Å². The Kier molecular flexibility index (Phi) is 3.34. The van der Waals surface area contributed by atoms with Crippen molar-refractivity contribution in [3.63, 3.8) is 0 Å². The molecule has 3 aromatic carbocycles. The fourth-order valence-electron chi connectivity index (χ4n) is 3.54. The number of fused-ring (bicyclic) bond motifs is 3. The minimum atomic E-state index is 0.0124. The molecule has 124 valence electrons. The third kappa shape index (κ3) is 2.16. The fraction of sp³-hybridized carbons (Fsp3) is 0. The van der Waals surface area contributed by atoms with Crippen molar-refractivity contribution in [2.75, 3.05) is 0 Å². The molecule has 26 heavy (non-hydrogen) atoms. The fourth-order valence-corrected chi connectivity index (χ4v) is 3.66. The van der Waals surface area contributed by atoms with Crippen LogP contribution in [0.15, 0.2) is 83.3 Å². The molecular weight excluding hydrogens is 344 g/mol. The highest BCUT2D eigenvalue weighted by Gasteiger charge is 2.36. The molecule has 0 amide bonds. The van der Waals surface area contributed by atoms with Crippen molar-refractivity contribution in [1.82, 2.24) is 0 Å². The molecule has 1 heterocycles. The van der Waals surface area contributed by atoms with Crippen LogP contribution in [0.1, 0.15) is 15.9 Å². The third-order valence-corrected chi connectivity index (χ3v) is 4.97. The largest absolute Gasteiger partial charge is 0.455 e. The Morgan fingerprint density at radius 2 is 1.19 bits per heavy atom. The number of ketones is 1. The molecule has 0 saturated heterocycles. The molecule has 0 spiro atoms. The highest BCUT2D eigenvalue weighted by molar-refractivity contribution is 6.30. The van der Waals surface area contributed by atoms with Crippen LogP contribution in [0.5, 0.6) is 0 Å². The second-order valence-electron chi connectivity index (χ2n) is 6.26. The molecule has 0 atom stereocenters. The zero-order chi connectivity index (χ0) is 17.7. The number of hydrogen-bond donors (Lipinski definition) is 0. The van der Waals surface area contributed by atoms with Crippen molar-refractivity contribution in [3.05, 3.63) is 95.0 Å². The maximum Gasteiger partial charge on any atom is 0.198 e.